The highest BCUT2D eigenvalue weighted by Gasteiger charge is 2.19. The Bertz CT molecular complexity index is 346. The molecular weight excluding hydrogens is 194 g/mol. The molecule has 0 bridgehead atoms. The van der Waals surface area contributed by atoms with Crippen LogP contribution >= 0.6 is 11.6 Å². The molecule has 2 heteroatoms. The fourth-order valence-electron chi connectivity index (χ4n) is 2.20. The van der Waals surface area contributed by atoms with Gasteiger partial charge in [0.1, 0.15) is 5.15 Å². The molecule has 0 fully saturated rings. The molecule has 0 amide bonds. The first-order valence-electron chi connectivity index (χ1n) is 5.40. The maximum Gasteiger partial charge on any atom is 0.132 e. The number of aryl methyl sites for hydroxylation is 2. The standard InChI is InChI=1S/C12H16ClN/c1-3-9-7-10-6-4-5-8(2)11(10)14-12(9)13/h7-8H,3-6H2,1-2H3. The smallest absolute Gasteiger partial charge is 0.132 e. The highest BCUT2D eigenvalue weighted by molar-refractivity contribution is 6.30. The van der Waals surface area contributed by atoms with Crippen molar-refractivity contribution in [2.75, 3.05) is 0 Å². The Morgan fingerprint density at radius 3 is 3.07 bits per heavy atom. The van der Waals surface area contributed by atoms with Gasteiger partial charge in [0.2, 0.25) is 0 Å². The predicted molar refractivity (Wildman–Crippen MR) is 60.0 cm³/mol. The molecule has 0 aromatic carbocycles. The van der Waals surface area contributed by atoms with Crippen LogP contribution in [0.2, 0.25) is 5.15 Å². The van der Waals surface area contributed by atoms with Crippen LogP contribution in [0.1, 0.15) is 49.4 Å². The van der Waals surface area contributed by atoms with Crippen LogP contribution < -0.4 is 0 Å². The van der Waals surface area contributed by atoms with Crippen LogP contribution in [0.15, 0.2) is 6.07 Å². The van der Waals surface area contributed by atoms with E-state index in [1.54, 1.807) is 0 Å². The lowest BCUT2D eigenvalue weighted by molar-refractivity contribution is 0.572. The van der Waals surface area contributed by atoms with Crippen molar-refractivity contribution in [1.29, 1.82) is 0 Å². The molecule has 0 saturated carbocycles. The van der Waals surface area contributed by atoms with Crippen LogP contribution in [-0.2, 0) is 12.8 Å². The van der Waals surface area contributed by atoms with Gasteiger partial charge in [0.05, 0.1) is 0 Å². The van der Waals surface area contributed by atoms with Gasteiger partial charge in [-0.15, -0.1) is 0 Å². The number of nitrogens with zero attached hydrogens (tertiary/aromatic N) is 1. The number of halogens is 1. The van der Waals surface area contributed by atoms with Gasteiger partial charge in [-0.1, -0.05) is 31.5 Å². The molecule has 0 radical (unpaired) electrons. The molecule has 1 nitrogen and oxygen atoms in total. The normalized spacial score (nSPS) is 20.6. The van der Waals surface area contributed by atoms with Crippen molar-refractivity contribution < 1.29 is 0 Å². The van der Waals surface area contributed by atoms with E-state index in [4.69, 9.17) is 11.6 Å². The van der Waals surface area contributed by atoms with Gasteiger partial charge in [-0.2, -0.15) is 0 Å². The Hall–Kier alpha value is -0.560. The molecule has 0 spiro atoms. The average Bonchev–Trinajstić information content (AvgIpc) is 2.19. The minimum atomic E-state index is 0.585. The summed E-state index contributed by atoms with van der Waals surface area (Å²) in [5.74, 6) is 0.585. The number of hydrogen-bond donors (Lipinski definition) is 0. The van der Waals surface area contributed by atoms with Crippen LogP contribution in [-0.4, -0.2) is 4.98 Å². The fourth-order valence-corrected chi connectivity index (χ4v) is 2.48. The zero-order chi connectivity index (χ0) is 10.1. The number of aromatic nitrogens is 1. The molecule has 1 aromatic rings. The summed E-state index contributed by atoms with van der Waals surface area (Å²) in [6, 6.07) is 2.25. The van der Waals surface area contributed by atoms with Crippen molar-refractivity contribution in [2.24, 2.45) is 0 Å². The monoisotopic (exact) mass is 209 g/mol. The van der Waals surface area contributed by atoms with Gasteiger partial charge >= 0.3 is 0 Å². The first kappa shape index (κ1) is 9.97. The van der Waals surface area contributed by atoms with Gasteiger partial charge < -0.3 is 0 Å². The molecule has 1 heterocycles. The van der Waals surface area contributed by atoms with Crippen LogP contribution in [0.5, 0.6) is 0 Å². The number of rotatable bonds is 1. The second-order valence-corrected chi connectivity index (χ2v) is 4.49. The lowest BCUT2D eigenvalue weighted by atomic mass is 9.87. The van der Waals surface area contributed by atoms with Gasteiger partial charge in [0, 0.05) is 5.69 Å². The highest BCUT2D eigenvalue weighted by Crippen LogP contribution is 2.32. The first-order valence-corrected chi connectivity index (χ1v) is 5.78. The third kappa shape index (κ3) is 1.66. The van der Waals surface area contributed by atoms with E-state index in [-0.39, 0.29) is 0 Å². The Morgan fingerprint density at radius 2 is 2.36 bits per heavy atom. The summed E-state index contributed by atoms with van der Waals surface area (Å²) in [6.07, 6.45) is 4.70. The van der Waals surface area contributed by atoms with Crippen molar-refractivity contribution in [1.82, 2.24) is 4.98 Å². The van der Waals surface area contributed by atoms with E-state index in [0.29, 0.717) is 11.1 Å². The van der Waals surface area contributed by atoms with E-state index in [1.165, 1.54) is 36.1 Å². The zero-order valence-electron chi connectivity index (χ0n) is 8.81. The third-order valence-electron chi connectivity index (χ3n) is 3.09. The van der Waals surface area contributed by atoms with Crippen LogP contribution in [0, 0.1) is 0 Å². The minimum absolute atomic E-state index is 0.585. The largest absolute Gasteiger partial charge is 0.240 e. The highest BCUT2D eigenvalue weighted by atomic mass is 35.5. The Balaban J connectivity index is 2.48. The molecule has 14 heavy (non-hydrogen) atoms. The maximum absolute atomic E-state index is 6.12. The van der Waals surface area contributed by atoms with E-state index in [0.717, 1.165) is 6.42 Å². The molecule has 76 valence electrons. The van der Waals surface area contributed by atoms with E-state index in [2.05, 4.69) is 24.9 Å². The van der Waals surface area contributed by atoms with Gasteiger partial charge in [-0.05, 0) is 42.7 Å². The zero-order valence-corrected chi connectivity index (χ0v) is 9.56. The number of hydrogen-bond acceptors (Lipinski definition) is 1. The quantitative estimate of drug-likeness (QED) is 0.643. The molecule has 1 unspecified atom stereocenters. The van der Waals surface area contributed by atoms with Gasteiger partial charge in [-0.3, -0.25) is 0 Å². The molecule has 0 aliphatic heterocycles. The first-order chi connectivity index (χ1) is 6.72. The second-order valence-electron chi connectivity index (χ2n) is 4.13. The fraction of sp³-hybridized carbons (Fsp3) is 0.583. The van der Waals surface area contributed by atoms with E-state index in [1.807, 2.05) is 0 Å². The summed E-state index contributed by atoms with van der Waals surface area (Å²) < 4.78 is 0. The average molecular weight is 210 g/mol. The topological polar surface area (TPSA) is 12.9 Å². The summed E-state index contributed by atoms with van der Waals surface area (Å²) in [5.41, 5.74) is 3.85. The molecule has 0 N–H and O–H groups in total. The molecule has 1 atom stereocenters. The maximum atomic E-state index is 6.12. The van der Waals surface area contributed by atoms with Crippen LogP contribution in [0.3, 0.4) is 0 Å². The lowest BCUT2D eigenvalue weighted by Crippen LogP contribution is -2.10. The summed E-state index contributed by atoms with van der Waals surface area (Å²) in [6.45, 7) is 4.37. The van der Waals surface area contributed by atoms with E-state index < -0.39 is 0 Å². The van der Waals surface area contributed by atoms with Crippen molar-refractivity contribution in [3.63, 3.8) is 0 Å². The molecule has 0 saturated heterocycles. The predicted octanol–water partition coefficient (Wildman–Crippen LogP) is 3.74. The molecule has 2 rings (SSSR count). The Morgan fingerprint density at radius 1 is 1.57 bits per heavy atom. The lowest BCUT2D eigenvalue weighted by Gasteiger charge is -2.22. The Kier molecular flexibility index (Phi) is 2.78. The van der Waals surface area contributed by atoms with Crippen molar-refractivity contribution >= 4 is 11.6 Å². The molecular formula is C12H16ClN. The second kappa shape index (κ2) is 3.90. The third-order valence-corrected chi connectivity index (χ3v) is 3.42. The summed E-state index contributed by atoms with van der Waals surface area (Å²) in [4.78, 5) is 4.53. The van der Waals surface area contributed by atoms with Crippen molar-refractivity contribution in [3.05, 3.63) is 28.0 Å². The Labute approximate surface area is 90.5 Å². The summed E-state index contributed by atoms with van der Waals surface area (Å²) >= 11 is 6.12. The van der Waals surface area contributed by atoms with E-state index in [9.17, 15) is 0 Å². The van der Waals surface area contributed by atoms with E-state index >= 15 is 0 Å². The molecule has 1 aromatic heterocycles. The number of fused-ring (bicyclic) bond motifs is 1. The van der Waals surface area contributed by atoms with Crippen molar-refractivity contribution in [3.8, 4) is 0 Å². The van der Waals surface area contributed by atoms with Crippen LogP contribution in [0.25, 0.3) is 0 Å². The van der Waals surface area contributed by atoms with Crippen molar-refractivity contribution in [2.45, 2.75) is 45.4 Å². The molecule has 1 aliphatic carbocycles. The number of pyridine rings is 1. The van der Waals surface area contributed by atoms with Gasteiger partial charge in [0.25, 0.3) is 0 Å². The molecule has 1 aliphatic rings. The summed E-state index contributed by atoms with van der Waals surface area (Å²) in [5, 5.41) is 0.708. The summed E-state index contributed by atoms with van der Waals surface area (Å²) in [7, 11) is 0. The SMILES string of the molecule is CCc1cc2c(nc1Cl)C(C)CCC2. The van der Waals surface area contributed by atoms with Gasteiger partial charge in [0.15, 0.2) is 0 Å². The minimum Gasteiger partial charge on any atom is -0.240 e. The van der Waals surface area contributed by atoms with Crippen LogP contribution in [0.4, 0.5) is 0 Å². The van der Waals surface area contributed by atoms with Gasteiger partial charge in [-0.25, -0.2) is 4.98 Å².